The molecule has 1 N–H and O–H groups in total. The van der Waals surface area contributed by atoms with Gasteiger partial charge in [-0.2, -0.15) is 0 Å². The molecule has 3 aromatic rings. The molecule has 14 heteroatoms. The number of morpholine rings is 1. The van der Waals surface area contributed by atoms with Crippen LogP contribution in [0.25, 0.3) is 0 Å². The van der Waals surface area contributed by atoms with E-state index in [1.165, 1.54) is 16.9 Å². The first-order valence-corrected chi connectivity index (χ1v) is 14.5. The van der Waals surface area contributed by atoms with E-state index in [0.717, 1.165) is 17.1 Å². The fourth-order valence-electron chi connectivity index (χ4n) is 4.57. The summed E-state index contributed by atoms with van der Waals surface area (Å²) in [7, 11) is 1.15. The van der Waals surface area contributed by atoms with E-state index in [1.807, 2.05) is 24.3 Å². The van der Waals surface area contributed by atoms with Crippen LogP contribution in [0.3, 0.4) is 0 Å². The molecule has 1 atom stereocenters. The number of methoxy groups -OCH3 is 1. The topological polar surface area (TPSA) is 108 Å². The van der Waals surface area contributed by atoms with Crippen LogP contribution in [0.2, 0.25) is 0 Å². The molecule has 1 fully saturated rings. The standard InChI is InChI=1S/C14H9F3Se.C13H15N3O7/c15-11-6-12(16)14(17)10-7-18-13-4-2-1-3-8(13)5-9(10)11;1-20-13(19)23-7-22-11-8(17)2-3-16-10(11)12(18)15-4-5-21-6-9(15)14-16/h1-4,6H,5,7H2;2-3,9,14H,4-7H2,1H3. The van der Waals surface area contributed by atoms with Crippen LogP contribution < -0.4 is 20.1 Å². The van der Waals surface area contributed by atoms with Crippen LogP contribution >= 0.6 is 0 Å². The maximum absolute atomic E-state index is 13.8. The van der Waals surface area contributed by atoms with Gasteiger partial charge in [-0.1, -0.05) is 0 Å². The molecule has 1 amide bonds. The van der Waals surface area contributed by atoms with Crippen LogP contribution in [-0.2, 0) is 26.0 Å². The molecule has 2 aromatic carbocycles. The van der Waals surface area contributed by atoms with E-state index in [1.54, 1.807) is 4.90 Å². The number of nitrogens with zero attached hydrogens (tertiary/aromatic N) is 2. The minimum absolute atomic E-state index is 0.0168. The molecule has 216 valence electrons. The zero-order valence-corrected chi connectivity index (χ0v) is 23.4. The number of hydrogen-bond donors (Lipinski definition) is 1. The summed E-state index contributed by atoms with van der Waals surface area (Å²) in [5.41, 5.74) is 4.14. The molecule has 41 heavy (non-hydrogen) atoms. The summed E-state index contributed by atoms with van der Waals surface area (Å²) in [5, 5.41) is 0.403. The first-order chi connectivity index (χ1) is 19.8. The van der Waals surface area contributed by atoms with Crippen molar-refractivity contribution >= 4 is 31.5 Å². The predicted octanol–water partition coefficient (Wildman–Crippen LogP) is 1.86. The summed E-state index contributed by atoms with van der Waals surface area (Å²) in [6, 6.07) is 9.60. The minimum atomic E-state index is -1.09. The average molecular weight is 638 g/mol. The molecule has 3 aliphatic heterocycles. The number of hydrogen-bond acceptors (Lipinski definition) is 8. The molecule has 3 aliphatic rings. The van der Waals surface area contributed by atoms with E-state index >= 15 is 0 Å². The van der Waals surface area contributed by atoms with Gasteiger partial charge in [-0.05, 0) is 0 Å². The molecule has 1 unspecified atom stereocenters. The zero-order valence-electron chi connectivity index (χ0n) is 21.7. The summed E-state index contributed by atoms with van der Waals surface area (Å²) in [5.74, 6) is -3.17. The number of ether oxygens (including phenoxy) is 4. The Balaban J connectivity index is 0.000000169. The molecule has 0 bridgehead atoms. The number of fused-ring (bicyclic) bond motifs is 4. The van der Waals surface area contributed by atoms with Crippen molar-refractivity contribution in [2.75, 3.05) is 39.1 Å². The van der Waals surface area contributed by atoms with Gasteiger partial charge in [0.1, 0.15) is 6.17 Å². The Morgan fingerprint density at radius 2 is 1.95 bits per heavy atom. The van der Waals surface area contributed by atoms with Gasteiger partial charge in [-0.25, -0.2) is 4.79 Å². The molecule has 0 radical (unpaired) electrons. The number of rotatable bonds is 3. The van der Waals surface area contributed by atoms with Gasteiger partial charge in [0.15, 0.2) is 5.69 Å². The van der Waals surface area contributed by atoms with E-state index in [0.29, 0.717) is 43.1 Å². The summed E-state index contributed by atoms with van der Waals surface area (Å²) in [6.07, 6.45) is 0.518. The fraction of sp³-hybridized carbons (Fsp3) is 0.296. The van der Waals surface area contributed by atoms with Gasteiger partial charge in [-0.15, -0.1) is 0 Å². The van der Waals surface area contributed by atoms with E-state index in [4.69, 9.17) is 9.47 Å². The molecule has 10 nitrogen and oxygen atoms in total. The second-order valence-corrected chi connectivity index (χ2v) is 11.1. The van der Waals surface area contributed by atoms with Gasteiger partial charge in [0, 0.05) is 18.8 Å². The second kappa shape index (κ2) is 12.2. The van der Waals surface area contributed by atoms with Crippen molar-refractivity contribution in [2.45, 2.75) is 17.9 Å². The number of pyridine rings is 1. The molecule has 1 aromatic heterocycles. The van der Waals surface area contributed by atoms with Crippen molar-refractivity contribution < 1.29 is 41.7 Å². The molecule has 0 saturated carbocycles. The second-order valence-electron chi connectivity index (χ2n) is 8.99. The Morgan fingerprint density at radius 3 is 2.76 bits per heavy atom. The van der Waals surface area contributed by atoms with Gasteiger partial charge >= 0.3 is 115 Å². The third kappa shape index (κ3) is 5.90. The molecule has 6 rings (SSSR count). The molecule has 1 saturated heterocycles. The number of aromatic nitrogens is 1. The third-order valence-electron chi connectivity index (χ3n) is 6.57. The van der Waals surface area contributed by atoms with Crippen LogP contribution in [0.1, 0.15) is 27.2 Å². The van der Waals surface area contributed by atoms with Crippen molar-refractivity contribution in [1.82, 2.24) is 9.58 Å². The van der Waals surface area contributed by atoms with Crippen molar-refractivity contribution in [3.05, 3.63) is 92.7 Å². The van der Waals surface area contributed by atoms with E-state index in [-0.39, 0.29) is 44.0 Å². The van der Waals surface area contributed by atoms with Crippen molar-refractivity contribution in [3.8, 4) is 5.75 Å². The Morgan fingerprint density at radius 1 is 1.15 bits per heavy atom. The van der Waals surface area contributed by atoms with Crippen LogP contribution in [0.4, 0.5) is 18.0 Å². The van der Waals surface area contributed by atoms with E-state index in [9.17, 15) is 27.6 Å². The predicted molar refractivity (Wildman–Crippen MR) is 139 cm³/mol. The summed E-state index contributed by atoms with van der Waals surface area (Å²) in [4.78, 5) is 37.1. The van der Waals surface area contributed by atoms with Crippen molar-refractivity contribution in [2.24, 2.45) is 0 Å². The van der Waals surface area contributed by atoms with Crippen LogP contribution in [0, 0.1) is 17.5 Å². The van der Waals surface area contributed by atoms with E-state index in [2.05, 4.69) is 14.9 Å². The SMILES string of the molecule is COC(=O)OCOc1c2n(ccc1=O)NC1COCCN1C2=O.Fc1cc(F)c2c(c1F)C[Se]c1ccccc1C2. The number of amides is 1. The summed E-state index contributed by atoms with van der Waals surface area (Å²) in [6.45, 7) is 0.623. The fourth-order valence-corrected chi connectivity index (χ4v) is 6.88. The van der Waals surface area contributed by atoms with E-state index < -0.39 is 35.8 Å². The maximum atomic E-state index is 13.8. The van der Waals surface area contributed by atoms with Crippen LogP contribution in [0.15, 0.2) is 47.4 Å². The first-order valence-electron chi connectivity index (χ1n) is 12.4. The number of nitrogens with one attached hydrogen (secondary N) is 1. The van der Waals surface area contributed by atoms with Crippen LogP contribution in [-0.4, -0.2) is 76.4 Å². The molecule has 0 aliphatic carbocycles. The monoisotopic (exact) mass is 639 g/mol. The van der Waals surface area contributed by atoms with Gasteiger partial charge in [0.25, 0.3) is 5.91 Å². The Kier molecular flexibility index (Phi) is 8.52. The number of benzene rings is 2. The normalized spacial score (nSPS) is 16.8. The first kappa shape index (κ1) is 28.5. The quantitative estimate of drug-likeness (QED) is 0.201. The van der Waals surface area contributed by atoms with Crippen molar-refractivity contribution in [3.63, 3.8) is 0 Å². The van der Waals surface area contributed by atoms with Gasteiger partial charge < -0.3 is 29.3 Å². The summed E-state index contributed by atoms with van der Waals surface area (Å²) >= 11 is 0.0168. The Hall–Kier alpha value is -4.00. The molecular weight excluding hydrogens is 614 g/mol. The number of carbonyl (C=O) groups is 2. The average Bonchev–Trinajstić information content (AvgIpc) is 3.18. The Labute approximate surface area is 238 Å². The van der Waals surface area contributed by atoms with Crippen LogP contribution in [0.5, 0.6) is 5.75 Å². The number of halogens is 3. The van der Waals surface area contributed by atoms with Gasteiger partial charge in [0.05, 0.1) is 20.3 Å². The molecule has 4 heterocycles. The van der Waals surface area contributed by atoms with Gasteiger partial charge in [0.2, 0.25) is 18.0 Å². The zero-order chi connectivity index (χ0) is 29.1. The van der Waals surface area contributed by atoms with Gasteiger partial charge in [-0.3, -0.25) is 14.3 Å². The van der Waals surface area contributed by atoms with Crippen molar-refractivity contribution in [1.29, 1.82) is 0 Å². The number of carbonyl (C=O) groups excluding carboxylic acids is 2. The Bertz CT molecular complexity index is 1550. The molecule has 0 spiro atoms. The third-order valence-corrected chi connectivity index (χ3v) is 8.97. The molecular formula is C27H24F3N3O7Se. The summed E-state index contributed by atoms with van der Waals surface area (Å²) < 4.78 is 62.7.